The largest absolute Gasteiger partial charge is 0.507 e. The fourth-order valence-corrected chi connectivity index (χ4v) is 4.26. The van der Waals surface area contributed by atoms with Crippen LogP contribution in [0.2, 0.25) is 0 Å². The van der Waals surface area contributed by atoms with Crippen LogP contribution in [-0.2, 0) is 9.53 Å². The molecule has 2 heterocycles. The predicted molar refractivity (Wildman–Crippen MR) is 155 cm³/mol. The summed E-state index contributed by atoms with van der Waals surface area (Å²) in [6, 6.07) is 9.93. The highest BCUT2D eigenvalue weighted by molar-refractivity contribution is 5.93. The summed E-state index contributed by atoms with van der Waals surface area (Å²) in [5.41, 5.74) is 3.88. The number of aryl methyl sites for hydroxylation is 2. The molecule has 5 rings (SSSR count). The molecule has 4 aromatic rings. The van der Waals surface area contributed by atoms with Crippen molar-refractivity contribution < 1.29 is 19.7 Å². The summed E-state index contributed by atoms with van der Waals surface area (Å²) >= 11 is 0. The van der Waals surface area contributed by atoms with Crippen LogP contribution in [0.1, 0.15) is 40.3 Å². The number of allylic oxidation sites excluding steroid dienone is 4. The molecule has 1 aliphatic rings. The van der Waals surface area contributed by atoms with Gasteiger partial charge >= 0.3 is 0 Å². The first-order valence-electron chi connectivity index (χ1n) is 13.0. The van der Waals surface area contributed by atoms with E-state index in [0.29, 0.717) is 51.6 Å². The van der Waals surface area contributed by atoms with E-state index in [-0.39, 0.29) is 24.0 Å². The van der Waals surface area contributed by atoms with E-state index in [9.17, 15) is 15.0 Å². The number of nitrogens with zero attached hydrogens (tertiary/aromatic N) is 10. The lowest BCUT2D eigenvalue weighted by atomic mass is 9.87. The fraction of sp³-hybridized carbons (Fsp3) is 0.179. The molecular formula is C28H27N11O4. The first kappa shape index (κ1) is 28.7. The molecule has 15 nitrogen and oxygen atoms in total. The number of hydrogen-bond donors (Lipinski definition) is 3. The van der Waals surface area contributed by atoms with E-state index in [1.54, 1.807) is 62.7 Å². The van der Waals surface area contributed by atoms with Crippen molar-refractivity contribution in [1.29, 1.82) is 0 Å². The molecule has 0 spiro atoms. The fourth-order valence-electron chi connectivity index (χ4n) is 4.26. The number of amides is 1. The molecule has 1 amide bonds. The summed E-state index contributed by atoms with van der Waals surface area (Å²) in [7, 11) is 1.44. The molecule has 15 heteroatoms. The average Bonchev–Trinajstić information content (AvgIpc) is 3.60. The van der Waals surface area contributed by atoms with Crippen molar-refractivity contribution in [1.82, 2.24) is 45.9 Å². The Balaban J connectivity index is 1.64. The quantitative estimate of drug-likeness (QED) is 0.246. The van der Waals surface area contributed by atoms with Gasteiger partial charge in [-0.3, -0.25) is 4.79 Å². The van der Waals surface area contributed by atoms with Gasteiger partial charge in [0, 0.05) is 23.9 Å². The number of tetrazole rings is 2. The number of hydrogen-bond acceptors (Lipinski definition) is 12. The first-order valence-corrected chi connectivity index (χ1v) is 13.0. The summed E-state index contributed by atoms with van der Waals surface area (Å²) in [5.74, 6) is 0.614. The number of aromatic hydroxyl groups is 2. The van der Waals surface area contributed by atoms with Crippen molar-refractivity contribution in [3.05, 3.63) is 99.8 Å². The topological polar surface area (TPSA) is 191 Å². The molecule has 2 aromatic heterocycles. The highest BCUT2D eigenvalue weighted by Crippen LogP contribution is 2.40. The Morgan fingerprint density at radius 2 is 1.51 bits per heavy atom. The van der Waals surface area contributed by atoms with Gasteiger partial charge in [0.05, 0.1) is 12.4 Å². The van der Waals surface area contributed by atoms with Gasteiger partial charge in [-0.05, 0) is 112 Å². The van der Waals surface area contributed by atoms with Gasteiger partial charge in [-0.25, -0.2) is 0 Å². The number of carbonyl (C=O) groups excluding carboxylic acids is 1. The van der Waals surface area contributed by atoms with Gasteiger partial charge in [-0.2, -0.15) is 10.2 Å². The van der Waals surface area contributed by atoms with E-state index in [4.69, 9.17) is 4.74 Å². The summed E-state index contributed by atoms with van der Waals surface area (Å²) < 4.78 is 4.94. The molecule has 0 saturated carbocycles. The monoisotopic (exact) mass is 581 g/mol. The molecule has 0 radical (unpaired) electrons. The van der Waals surface area contributed by atoms with Crippen molar-refractivity contribution in [3.8, 4) is 11.5 Å². The number of methoxy groups -OCH3 is 1. The van der Waals surface area contributed by atoms with Crippen molar-refractivity contribution in [2.75, 3.05) is 13.7 Å². The van der Waals surface area contributed by atoms with Crippen LogP contribution in [0.3, 0.4) is 0 Å². The molecule has 43 heavy (non-hydrogen) atoms. The number of nitrogens with one attached hydrogen (secondary N) is 1. The number of phenolic OH excluding ortho intramolecular Hbond substituents is 2. The molecule has 0 atom stereocenters. The minimum Gasteiger partial charge on any atom is -0.507 e. The molecule has 1 aliphatic carbocycles. The van der Waals surface area contributed by atoms with Gasteiger partial charge in [-0.1, -0.05) is 6.08 Å². The zero-order valence-electron chi connectivity index (χ0n) is 23.4. The summed E-state index contributed by atoms with van der Waals surface area (Å²) in [5, 5.41) is 56.1. The van der Waals surface area contributed by atoms with E-state index in [0.717, 1.165) is 5.57 Å². The lowest BCUT2D eigenvalue weighted by Gasteiger charge is -2.19. The van der Waals surface area contributed by atoms with E-state index in [1.165, 1.54) is 28.8 Å². The molecule has 0 aliphatic heterocycles. The summed E-state index contributed by atoms with van der Waals surface area (Å²) in [6.45, 7) is 3.32. The third-order valence-corrected chi connectivity index (χ3v) is 6.26. The van der Waals surface area contributed by atoms with Crippen LogP contribution in [-0.4, -0.2) is 82.9 Å². The Morgan fingerprint density at radius 1 is 0.953 bits per heavy atom. The maximum atomic E-state index is 12.2. The van der Waals surface area contributed by atoms with Crippen LogP contribution in [0.5, 0.6) is 11.5 Å². The molecule has 0 fully saturated rings. The molecular weight excluding hydrogens is 554 g/mol. The summed E-state index contributed by atoms with van der Waals surface area (Å²) in [6.07, 6.45) is 9.01. The molecule has 0 bridgehead atoms. The second kappa shape index (κ2) is 12.8. The second-order valence-electron chi connectivity index (χ2n) is 9.36. The zero-order valence-corrected chi connectivity index (χ0v) is 23.4. The van der Waals surface area contributed by atoms with Gasteiger partial charge in [0.15, 0.2) is 11.6 Å². The van der Waals surface area contributed by atoms with Gasteiger partial charge in [0.25, 0.3) is 0 Å². The summed E-state index contributed by atoms with van der Waals surface area (Å²) in [4.78, 5) is 14.8. The van der Waals surface area contributed by atoms with Crippen LogP contribution in [0.4, 0.5) is 0 Å². The van der Waals surface area contributed by atoms with E-state index < -0.39 is 0 Å². The molecule has 2 aromatic carbocycles. The average molecular weight is 582 g/mol. The lowest BCUT2D eigenvalue weighted by Crippen LogP contribution is -2.26. The third-order valence-electron chi connectivity index (χ3n) is 6.26. The van der Waals surface area contributed by atoms with Crippen LogP contribution >= 0.6 is 0 Å². The predicted octanol–water partition coefficient (Wildman–Crippen LogP) is 1.86. The standard InChI is InChI=1S/C28H27N11O4/c1-17-32-34-36-38(17)29-14-19-7-9-25(40)23(11-19)28(21-5-4-6-22(13-21)31-27(42)16-43-3)24-12-20(8-10-26(24)41)15-30-39-18(2)33-35-37-39/h4,6-15,40-41H,5,16H2,1-3H3,(H,31,42). The minimum atomic E-state index is -0.320. The molecule has 218 valence electrons. The van der Waals surface area contributed by atoms with Crippen LogP contribution in [0.25, 0.3) is 5.57 Å². The maximum Gasteiger partial charge on any atom is 0.250 e. The van der Waals surface area contributed by atoms with E-state index in [1.807, 2.05) is 6.08 Å². The van der Waals surface area contributed by atoms with E-state index in [2.05, 4.69) is 46.6 Å². The van der Waals surface area contributed by atoms with Crippen LogP contribution < -0.4 is 5.32 Å². The van der Waals surface area contributed by atoms with E-state index >= 15 is 0 Å². The Bertz CT molecular complexity index is 1710. The SMILES string of the molecule is COCC(=O)NC1=CC(=C(c2cc(C=Nn3nnnc3C)ccc2O)c2cc(C=Nn3nnnc3C)ccc2O)CC=C1. The minimum absolute atomic E-state index is 0.0334. The van der Waals surface area contributed by atoms with Gasteiger partial charge in [0.1, 0.15) is 18.1 Å². The van der Waals surface area contributed by atoms with Gasteiger partial charge < -0.3 is 20.3 Å². The number of aromatic nitrogens is 8. The highest BCUT2D eigenvalue weighted by Gasteiger charge is 2.20. The Labute approximate surface area is 245 Å². The number of benzene rings is 2. The van der Waals surface area contributed by atoms with Crippen molar-refractivity contribution in [3.63, 3.8) is 0 Å². The van der Waals surface area contributed by atoms with Crippen molar-refractivity contribution >= 4 is 23.9 Å². The number of phenols is 2. The van der Waals surface area contributed by atoms with Crippen LogP contribution in [0.15, 0.2) is 76.1 Å². The zero-order chi connectivity index (χ0) is 30.3. The maximum absolute atomic E-state index is 12.2. The lowest BCUT2D eigenvalue weighted by molar-refractivity contribution is -0.123. The number of rotatable bonds is 9. The molecule has 3 N–H and O–H groups in total. The molecule has 0 unspecified atom stereocenters. The smallest absolute Gasteiger partial charge is 0.250 e. The molecule has 0 saturated heterocycles. The normalized spacial score (nSPS) is 13.2. The Kier molecular flexibility index (Phi) is 8.53. The first-order chi connectivity index (χ1) is 20.8. The van der Waals surface area contributed by atoms with Crippen molar-refractivity contribution in [2.45, 2.75) is 20.3 Å². The van der Waals surface area contributed by atoms with Gasteiger partial charge in [-0.15, -0.1) is 19.8 Å². The second-order valence-corrected chi connectivity index (χ2v) is 9.36. The van der Waals surface area contributed by atoms with Crippen LogP contribution in [0, 0.1) is 13.8 Å². The number of ether oxygens (including phenoxy) is 1. The highest BCUT2D eigenvalue weighted by atomic mass is 16.5. The third kappa shape index (κ3) is 6.74. The number of carbonyl (C=O) groups is 1. The van der Waals surface area contributed by atoms with Gasteiger partial charge in [0.2, 0.25) is 5.91 Å². The Morgan fingerprint density at radius 3 is 2.00 bits per heavy atom. The Hall–Kier alpha value is -5.83. The van der Waals surface area contributed by atoms with Crippen molar-refractivity contribution in [2.24, 2.45) is 10.2 Å².